The lowest BCUT2D eigenvalue weighted by Gasteiger charge is -2.31. The van der Waals surface area contributed by atoms with Gasteiger partial charge in [-0.25, -0.2) is 14.6 Å². The third-order valence-electron chi connectivity index (χ3n) is 7.10. The lowest BCUT2D eigenvalue weighted by Crippen LogP contribution is -2.51. The first kappa shape index (κ1) is 30.7. The fraction of sp³-hybridized carbons (Fsp3) is 0.375. The predicted octanol–water partition coefficient (Wildman–Crippen LogP) is 5.69. The van der Waals surface area contributed by atoms with Crippen molar-refractivity contribution in [2.24, 2.45) is 5.92 Å². The molecule has 0 spiro atoms. The van der Waals surface area contributed by atoms with Crippen molar-refractivity contribution >= 4 is 34.9 Å². The zero-order chi connectivity index (χ0) is 29.7. The Kier molecular flexibility index (Phi) is 11.5. The third-order valence-corrected chi connectivity index (χ3v) is 8.61. The van der Waals surface area contributed by atoms with Crippen LogP contribution in [0.2, 0.25) is 0 Å². The number of amides is 2. The monoisotopic (exact) mass is 619 g/mol. The standard InChI is InChI=1S/C32H37N5O4S2/c38-31(40-21-29-17-33-23-43-29)35-27(15-24-7-3-1-4-8-24)19-37(18-26-11-12-26)20-28(16-25-9-5-2-6-10-25)36-32(39)41-22-30-34-13-14-42-30/h1-10,13-14,17,23,26-28H,11-12,15-16,18-22H2,(H,35,38)(H,36,39)/t27-,28-/m0/s1. The van der Waals surface area contributed by atoms with Crippen molar-refractivity contribution in [3.8, 4) is 0 Å². The molecule has 2 atom stereocenters. The van der Waals surface area contributed by atoms with Gasteiger partial charge >= 0.3 is 12.2 Å². The zero-order valence-electron chi connectivity index (χ0n) is 24.0. The van der Waals surface area contributed by atoms with Crippen molar-refractivity contribution in [1.29, 1.82) is 0 Å². The number of hydrogen-bond donors (Lipinski definition) is 2. The number of rotatable bonds is 16. The highest BCUT2D eigenvalue weighted by Gasteiger charge is 2.29. The van der Waals surface area contributed by atoms with Crippen LogP contribution in [-0.2, 0) is 35.5 Å². The Labute approximate surface area is 260 Å². The predicted molar refractivity (Wildman–Crippen MR) is 168 cm³/mol. The van der Waals surface area contributed by atoms with Crippen molar-refractivity contribution in [1.82, 2.24) is 25.5 Å². The van der Waals surface area contributed by atoms with Gasteiger partial charge in [0.2, 0.25) is 0 Å². The number of carbonyl (C=O) groups is 2. The summed E-state index contributed by atoms with van der Waals surface area (Å²) in [7, 11) is 0. The van der Waals surface area contributed by atoms with Crippen LogP contribution in [0.3, 0.4) is 0 Å². The molecule has 4 aromatic rings. The molecule has 1 aliphatic rings. The summed E-state index contributed by atoms with van der Waals surface area (Å²) in [5.74, 6) is 0.616. The summed E-state index contributed by atoms with van der Waals surface area (Å²) in [5, 5.41) is 8.84. The van der Waals surface area contributed by atoms with Gasteiger partial charge in [0.1, 0.15) is 18.2 Å². The molecule has 1 fully saturated rings. The van der Waals surface area contributed by atoms with E-state index in [0.29, 0.717) is 31.8 Å². The highest BCUT2D eigenvalue weighted by molar-refractivity contribution is 7.09. The maximum atomic E-state index is 12.9. The van der Waals surface area contributed by atoms with E-state index in [-0.39, 0.29) is 25.3 Å². The molecule has 0 saturated heterocycles. The molecule has 1 aliphatic carbocycles. The molecule has 5 rings (SSSR count). The van der Waals surface area contributed by atoms with E-state index in [0.717, 1.165) is 27.6 Å². The van der Waals surface area contributed by atoms with Crippen LogP contribution in [0.1, 0.15) is 33.9 Å². The van der Waals surface area contributed by atoms with Gasteiger partial charge in [0, 0.05) is 49.5 Å². The Hall–Kier alpha value is -3.80. The summed E-state index contributed by atoms with van der Waals surface area (Å²) in [6.45, 7) is 2.44. The minimum Gasteiger partial charge on any atom is -0.444 e. The van der Waals surface area contributed by atoms with Crippen molar-refractivity contribution in [2.75, 3.05) is 19.6 Å². The SMILES string of the molecule is O=C(N[C@@H](Cc1ccccc1)CN(CC1CC1)C[C@H](Cc1ccccc1)NC(=O)OCc1nccs1)OCc1cncs1. The molecule has 2 aromatic heterocycles. The summed E-state index contributed by atoms with van der Waals surface area (Å²) in [4.78, 5) is 37.3. The van der Waals surface area contributed by atoms with E-state index in [1.54, 1.807) is 17.9 Å². The van der Waals surface area contributed by atoms with E-state index in [1.165, 1.54) is 35.5 Å². The van der Waals surface area contributed by atoms with Gasteiger partial charge in [-0.15, -0.1) is 22.7 Å². The number of nitrogens with zero attached hydrogens (tertiary/aromatic N) is 3. The van der Waals surface area contributed by atoms with Gasteiger partial charge in [-0.1, -0.05) is 60.7 Å². The number of benzene rings is 2. The van der Waals surface area contributed by atoms with Gasteiger partial charge in [0.05, 0.1) is 10.4 Å². The minimum atomic E-state index is -0.465. The molecule has 2 N–H and O–H groups in total. The number of nitrogens with one attached hydrogen (secondary N) is 2. The first-order chi connectivity index (χ1) is 21.1. The van der Waals surface area contributed by atoms with Gasteiger partial charge in [0.25, 0.3) is 0 Å². The van der Waals surface area contributed by atoms with Crippen LogP contribution in [0.5, 0.6) is 0 Å². The normalized spacial score (nSPS) is 14.2. The summed E-state index contributed by atoms with van der Waals surface area (Å²) in [6, 6.07) is 19.9. The van der Waals surface area contributed by atoms with Gasteiger partial charge in [-0.3, -0.25) is 9.88 Å². The fourth-order valence-electron chi connectivity index (χ4n) is 4.95. The van der Waals surface area contributed by atoms with Gasteiger partial charge in [-0.05, 0) is 42.7 Å². The molecule has 9 nitrogen and oxygen atoms in total. The van der Waals surface area contributed by atoms with Crippen molar-refractivity contribution in [3.05, 3.63) is 105 Å². The Morgan fingerprint density at radius 2 is 1.47 bits per heavy atom. The average molecular weight is 620 g/mol. The molecule has 2 heterocycles. The van der Waals surface area contributed by atoms with Gasteiger partial charge in [0.15, 0.2) is 0 Å². The molecule has 0 bridgehead atoms. The van der Waals surface area contributed by atoms with E-state index in [2.05, 4.69) is 49.8 Å². The molecular formula is C32H37N5O4S2. The first-order valence-corrected chi connectivity index (χ1v) is 16.3. The zero-order valence-corrected chi connectivity index (χ0v) is 25.6. The second kappa shape index (κ2) is 16.2. The highest BCUT2D eigenvalue weighted by atomic mass is 32.1. The first-order valence-electron chi connectivity index (χ1n) is 14.5. The molecule has 43 heavy (non-hydrogen) atoms. The van der Waals surface area contributed by atoms with Crippen LogP contribution in [0.4, 0.5) is 9.59 Å². The summed E-state index contributed by atoms with van der Waals surface area (Å²) >= 11 is 2.91. The maximum Gasteiger partial charge on any atom is 0.407 e. The number of hydrogen-bond acceptors (Lipinski definition) is 9. The van der Waals surface area contributed by atoms with Gasteiger partial charge < -0.3 is 20.1 Å². The molecule has 11 heteroatoms. The lowest BCUT2D eigenvalue weighted by molar-refractivity contribution is 0.125. The van der Waals surface area contributed by atoms with Crippen LogP contribution in [-0.4, -0.2) is 58.8 Å². The van der Waals surface area contributed by atoms with E-state index in [1.807, 2.05) is 41.8 Å². The van der Waals surface area contributed by atoms with Crippen molar-refractivity contribution in [2.45, 2.75) is 51.0 Å². The Balaban J connectivity index is 1.27. The minimum absolute atomic E-state index is 0.139. The van der Waals surface area contributed by atoms with Crippen LogP contribution in [0.25, 0.3) is 0 Å². The summed E-state index contributed by atoms with van der Waals surface area (Å²) in [5.41, 5.74) is 3.98. The van der Waals surface area contributed by atoms with Crippen molar-refractivity contribution < 1.29 is 19.1 Å². The van der Waals surface area contributed by atoms with Crippen LogP contribution in [0.15, 0.2) is 83.9 Å². The third kappa shape index (κ3) is 11.1. The summed E-state index contributed by atoms with van der Waals surface area (Å²) in [6.07, 6.45) is 6.18. The highest BCUT2D eigenvalue weighted by Crippen LogP contribution is 2.30. The van der Waals surface area contributed by atoms with Crippen LogP contribution in [0, 0.1) is 5.92 Å². The van der Waals surface area contributed by atoms with E-state index in [4.69, 9.17) is 9.47 Å². The summed E-state index contributed by atoms with van der Waals surface area (Å²) < 4.78 is 11.0. The average Bonchev–Trinajstić information content (AvgIpc) is 3.42. The molecule has 0 unspecified atom stereocenters. The van der Waals surface area contributed by atoms with Crippen LogP contribution < -0.4 is 10.6 Å². The largest absolute Gasteiger partial charge is 0.444 e. The molecule has 2 amide bonds. The Morgan fingerprint density at radius 1 is 0.860 bits per heavy atom. The number of carbonyl (C=O) groups excluding carboxylic acids is 2. The quantitative estimate of drug-likeness (QED) is 0.166. The smallest absolute Gasteiger partial charge is 0.407 e. The van der Waals surface area contributed by atoms with E-state index < -0.39 is 12.2 Å². The topological polar surface area (TPSA) is 106 Å². The fourth-order valence-corrected chi connectivity index (χ4v) is 5.98. The Bertz CT molecular complexity index is 1270. The van der Waals surface area contributed by atoms with E-state index >= 15 is 0 Å². The van der Waals surface area contributed by atoms with Gasteiger partial charge in [-0.2, -0.15) is 0 Å². The molecule has 0 radical (unpaired) electrons. The molecular weight excluding hydrogens is 583 g/mol. The number of aromatic nitrogens is 2. The molecule has 2 aromatic carbocycles. The molecule has 1 saturated carbocycles. The van der Waals surface area contributed by atoms with Crippen molar-refractivity contribution in [3.63, 3.8) is 0 Å². The second-order valence-electron chi connectivity index (χ2n) is 10.8. The van der Waals surface area contributed by atoms with Crippen LogP contribution >= 0.6 is 22.7 Å². The Morgan fingerprint density at radius 3 is 1.98 bits per heavy atom. The molecule has 0 aliphatic heterocycles. The number of ether oxygens (including phenoxy) is 2. The second-order valence-corrected chi connectivity index (χ2v) is 12.7. The number of thiazole rings is 2. The lowest BCUT2D eigenvalue weighted by atomic mass is 10.0. The maximum absolute atomic E-state index is 12.9. The van der Waals surface area contributed by atoms with E-state index in [9.17, 15) is 9.59 Å². The molecule has 226 valence electrons. The number of alkyl carbamates (subject to hydrolysis) is 2.